The van der Waals surface area contributed by atoms with Gasteiger partial charge in [0.15, 0.2) is 0 Å². The molecule has 26 heavy (non-hydrogen) atoms. The Hall–Kier alpha value is -2.17. The molecule has 138 valence electrons. The maximum Gasteiger partial charge on any atom is 0.233 e. The molecular weight excluding hydrogens is 328 g/mol. The quantitative estimate of drug-likeness (QED) is 0.799. The van der Waals surface area contributed by atoms with Crippen LogP contribution >= 0.6 is 0 Å². The van der Waals surface area contributed by atoms with Gasteiger partial charge in [-0.1, -0.05) is 43.2 Å². The van der Waals surface area contributed by atoms with Crippen molar-refractivity contribution in [3.63, 3.8) is 0 Å². The molecule has 1 aliphatic heterocycles. The zero-order valence-electron chi connectivity index (χ0n) is 15.0. The number of benzene rings is 1. The number of nitrogens with one attached hydrogen (secondary N) is 1. The van der Waals surface area contributed by atoms with Gasteiger partial charge in [-0.05, 0) is 37.2 Å². The fourth-order valence-electron chi connectivity index (χ4n) is 4.47. The molecule has 3 aliphatic rings. The van der Waals surface area contributed by atoms with Gasteiger partial charge in [0.25, 0.3) is 0 Å². The second kappa shape index (κ2) is 7.22. The first kappa shape index (κ1) is 17.3. The largest absolute Gasteiger partial charge is 0.349 e. The van der Waals surface area contributed by atoms with Crippen LogP contribution in [0.4, 0.5) is 0 Å². The first-order chi connectivity index (χ1) is 12.6. The van der Waals surface area contributed by atoms with Gasteiger partial charge in [0.05, 0.1) is 17.9 Å². The maximum atomic E-state index is 12.5. The van der Waals surface area contributed by atoms with E-state index in [2.05, 4.69) is 5.32 Å². The molecule has 1 aromatic rings. The SMILES string of the molecule is O=C(CCN1C(=O)C2CCCCC2C1=O)NC(c1ccccc1)C1CC1. The molecule has 1 aromatic carbocycles. The van der Waals surface area contributed by atoms with E-state index in [0.29, 0.717) is 5.92 Å². The highest BCUT2D eigenvalue weighted by atomic mass is 16.2. The number of imide groups is 1. The van der Waals surface area contributed by atoms with E-state index in [0.717, 1.165) is 44.1 Å². The minimum absolute atomic E-state index is 0.0382. The van der Waals surface area contributed by atoms with Crippen LogP contribution in [-0.2, 0) is 14.4 Å². The molecule has 5 nitrogen and oxygen atoms in total. The van der Waals surface area contributed by atoms with Crippen molar-refractivity contribution in [1.29, 1.82) is 0 Å². The van der Waals surface area contributed by atoms with E-state index in [1.807, 2.05) is 30.3 Å². The first-order valence-electron chi connectivity index (χ1n) is 9.84. The Balaban J connectivity index is 1.35. The summed E-state index contributed by atoms with van der Waals surface area (Å²) in [5.41, 5.74) is 1.13. The number of hydrogen-bond acceptors (Lipinski definition) is 3. The van der Waals surface area contributed by atoms with Crippen LogP contribution in [-0.4, -0.2) is 29.2 Å². The van der Waals surface area contributed by atoms with Crippen LogP contribution in [0, 0.1) is 17.8 Å². The van der Waals surface area contributed by atoms with Crippen LogP contribution in [0.25, 0.3) is 0 Å². The highest BCUT2D eigenvalue weighted by Gasteiger charge is 2.47. The van der Waals surface area contributed by atoms with E-state index in [1.165, 1.54) is 4.90 Å². The third kappa shape index (κ3) is 3.39. The number of fused-ring (bicyclic) bond motifs is 1. The van der Waals surface area contributed by atoms with E-state index in [9.17, 15) is 14.4 Å². The number of likely N-dealkylation sites (tertiary alicyclic amines) is 1. The van der Waals surface area contributed by atoms with Gasteiger partial charge in [-0.2, -0.15) is 0 Å². The molecule has 2 aliphatic carbocycles. The summed E-state index contributed by atoms with van der Waals surface area (Å²) in [6.45, 7) is 0.211. The summed E-state index contributed by atoms with van der Waals surface area (Å²) < 4.78 is 0. The van der Waals surface area contributed by atoms with Gasteiger partial charge < -0.3 is 5.32 Å². The summed E-state index contributed by atoms with van der Waals surface area (Å²) in [4.78, 5) is 38.8. The van der Waals surface area contributed by atoms with E-state index >= 15 is 0 Å². The van der Waals surface area contributed by atoms with Crippen molar-refractivity contribution < 1.29 is 14.4 Å². The fraction of sp³-hybridized carbons (Fsp3) is 0.571. The van der Waals surface area contributed by atoms with Gasteiger partial charge in [-0.3, -0.25) is 19.3 Å². The summed E-state index contributed by atoms with van der Waals surface area (Å²) in [7, 11) is 0. The lowest BCUT2D eigenvalue weighted by atomic mass is 9.81. The Morgan fingerprint density at radius 3 is 2.19 bits per heavy atom. The van der Waals surface area contributed by atoms with Crippen LogP contribution in [0.3, 0.4) is 0 Å². The van der Waals surface area contributed by atoms with E-state index in [4.69, 9.17) is 0 Å². The molecule has 0 spiro atoms. The average Bonchev–Trinajstić information content (AvgIpc) is 3.48. The highest BCUT2D eigenvalue weighted by Crippen LogP contribution is 2.41. The van der Waals surface area contributed by atoms with Crippen molar-refractivity contribution in [2.45, 2.75) is 51.0 Å². The molecule has 0 aromatic heterocycles. The van der Waals surface area contributed by atoms with E-state index < -0.39 is 0 Å². The predicted molar refractivity (Wildman–Crippen MR) is 96.8 cm³/mol. The average molecular weight is 354 g/mol. The van der Waals surface area contributed by atoms with Gasteiger partial charge >= 0.3 is 0 Å². The molecule has 0 bridgehead atoms. The third-order valence-corrected chi connectivity index (χ3v) is 6.06. The minimum atomic E-state index is -0.136. The second-order valence-electron chi connectivity index (χ2n) is 7.87. The van der Waals surface area contributed by atoms with Gasteiger partial charge in [0, 0.05) is 13.0 Å². The molecule has 1 saturated heterocycles. The maximum absolute atomic E-state index is 12.5. The molecule has 5 heteroatoms. The smallest absolute Gasteiger partial charge is 0.233 e. The molecule has 3 fully saturated rings. The number of amides is 3. The fourth-order valence-corrected chi connectivity index (χ4v) is 4.47. The van der Waals surface area contributed by atoms with Crippen LogP contribution in [0.15, 0.2) is 30.3 Å². The molecule has 3 atom stereocenters. The lowest BCUT2D eigenvalue weighted by molar-refractivity contribution is -0.140. The second-order valence-corrected chi connectivity index (χ2v) is 7.87. The topological polar surface area (TPSA) is 66.5 Å². The van der Waals surface area contributed by atoms with Crippen LogP contribution in [0.2, 0.25) is 0 Å². The summed E-state index contributed by atoms with van der Waals surface area (Å²) in [5.74, 6) is 0.0229. The monoisotopic (exact) mass is 354 g/mol. The van der Waals surface area contributed by atoms with Crippen LogP contribution in [0.5, 0.6) is 0 Å². The first-order valence-corrected chi connectivity index (χ1v) is 9.84. The molecule has 3 amide bonds. The Kier molecular flexibility index (Phi) is 4.79. The lowest BCUT2D eigenvalue weighted by Crippen LogP contribution is -2.36. The predicted octanol–water partition coefficient (Wildman–Crippen LogP) is 2.82. The molecule has 1 N–H and O–H groups in total. The molecule has 3 unspecified atom stereocenters. The Labute approximate surface area is 154 Å². The summed E-state index contributed by atoms with van der Waals surface area (Å²) in [6, 6.07) is 10.1. The summed E-state index contributed by atoms with van der Waals surface area (Å²) in [6.07, 6.45) is 6.13. The Morgan fingerprint density at radius 1 is 1.00 bits per heavy atom. The number of rotatable bonds is 6. The molecular formula is C21H26N2O3. The summed E-state index contributed by atoms with van der Waals surface area (Å²) in [5, 5.41) is 3.12. The Bertz CT molecular complexity index is 674. The van der Waals surface area contributed by atoms with Crippen molar-refractivity contribution in [2.24, 2.45) is 17.8 Å². The van der Waals surface area contributed by atoms with Crippen LogP contribution in [0.1, 0.15) is 56.6 Å². The number of carbonyl (C=O) groups is 3. The van der Waals surface area contributed by atoms with E-state index in [-0.39, 0.29) is 48.6 Å². The van der Waals surface area contributed by atoms with Crippen molar-refractivity contribution >= 4 is 17.7 Å². The number of nitrogens with zero attached hydrogens (tertiary/aromatic N) is 1. The normalized spacial score (nSPS) is 26.5. The molecule has 2 saturated carbocycles. The number of hydrogen-bond donors (Lipinski definition) is 1. The van der Waals surface area contributed by atoms with E-state index in [1.54, 1.807) is 0 Å². The summed E-state index contributed by atoms with van der Waals surface area (Å²) >= 11 is 0. The zero-order valence-corrected chi connectivity index (χ0v) is 15.0. The molecule has 0 radical (unpaired) electrons. The Morgan fingerprint density at radius 2 is 1.62 bits per heavy atom. The van der Waals surface area contributed by atoms with Crippen molar-refractivity contribution in [2.75, 3.05) is 6.54 Å². The van der Waals surface area contributed by atoms with Crippen molar-refractivity contribution in [1.82, 2.24) is 10.2 Å². The van der Waals surface area contributed by atoms with Crippen LogP contribution < -0.4 is 5.32 Å². The highest BCUT2D eigenvalue weighted by molar-refractivity contribution is 6.05. The van der Waals surface area contributed by atoms with Gasteiger partial charge in [-0.25, -0.2) is 0 Å². The van der Waals surface area contributed by atoms with Gasteiger partial charge in [-0.15, -0.1) is 0 Å². The molecule has 1 heterocycles. The van der Waals surface area contributed by atoms with Crippen molar-refractivity contribution in [3.8, 4) is 0 Å². The standard InChI is InChI=1S/C21H26N2O3/c24-18(22-19(15-10-11-15)14-6-2-1-3-7-14)12-13-23-20(25)16-8-4-5-9-17(16)21(23)26/h1-3,6-7,15-17,19H,4-5,8-13H2,(H,22,24). The third-order valence-electron chi connectivity index (χ3n) is 6.06. The number of carbonyl (C=O) groups excluding carboxylic acids is 3. The van der Waals surface area contributed by atoms with Gasteiger partial charge in [0.2, 0.25) is 17.7 Å². The van der Waals surface area contributed by atoms with Crippen molar-refractivity contribution in [3.05, 3.63) is 35.9 Å². The minimum Gasteiger partial charge on any atom is -0.349 e. The lowest BCUT2D eigenvalue weighted by Gasteiger charge is -2.20. The van der Waals surface area contributed by atoms with Gasteiger partial charge in [0.1, 0.15) is 0 Å². The zero-order chi connectivity index (χ0) is 18.1. The molecule has 4 rings (SSSR count).